The van der Waals surface area contributed by atoms with E-state index in [1.165, 1.54) is 5.56 Å². The minimum absolute atomic E-state index is 0.153. The lowest BCUT2D eigenvalue weighted by Crippen LogP contribution is -2.69. The number of fused-ring (bicyclic) bond motifs is 1. The largest absolute Gasteiger partial charge is 0.323 e. The van der Waals surface area contributed by atoms with Gasteiger partial charge in [-0.05, 0) is 31.7 Å². The Morgan fingerprint density at radius 3 is 2.59 bits per heavy atom. The number of aryl methyl sites for hydroxylation is 1. The first-order chi connectivity index (χ1) is 10.4. The van der Waals surface area contributed by atoms with E-state index in [0.29, 0.717) is 6.54 Å². The highest BCUT2D eigenvalue weighted by atomic mass is 16.2. The van der Waals surface area contributed by atoms with E-state index in [1.54, 1.807) is 0 Å². The molecule has 0 aromatic heterocycles. The summed E-state index contributed by atoms with van der Waals surface area (Å²) in [6.45, 7) is 10.9. The van der Waals surface area contributed by atoms with Gasteiger partial charge in [-0.3, -0.25) is 4.79 Å². The lowest BCUT2D eigenvalue weighted by Gasteiger charge is -2.70. The summed E-state index contributed by atoms with van der Waals surface area (Å²) in [4.78, 5) is 14.7. The van der Waals surface area contributed by atoms with E-state index in [4.69, 9.17) is 5.73 Å². The maximum atomic E-state index is 12.9. The lowest BCUT2D eigenvalue weighted by atomic mass is 9.33. The molecular formula is C19H22N2O. The van der Waals surface area contributed by atoms with E-state index in [1.807, 2.05) is 11.0 Å². The maximum Gasteiger partial charge on any atom is 0.234 e. The molecule has 3 nitrogen and oxygen atoms in total. The Balaban J connectivity index is 1.71. The third-order valence-electron chi connectivity index (χ3n) is 6.15. The third-order valence-corrected chi connectivity index (χ3v) is 6.15. The van der Waals surface area contributed by atoms with Gasteiger partial charge < -0.3 is 10.6 Å². The highest BCUT2D eigenvalue weighted by Gasteiger charge is 2.75. The summed E-state index contributed by atoms with van der Waals surface area (Å²) in [5.41, 5.74) is 10.5. The number of carbonyl (C=O) groups excluding carboxylic acids is 1. The Morgan fingerprint density at radius 2 is 2.09 bits per heavy atom. The fourth-order valence-corrected chi connectivity index (χ4v) is 4.69. The molecule has 1 aliphatic heterocycles. The molecule has 1 saturated heterocycles. The number of nitrogens with two attached hydrogens (primary N) is 1. The van der Waals surface area contributed by atoms with Gasteiger partial charge in [-0.25, -0.2) is 0 Å². The van der Waals surface area contributed by atoms with Gasteiger partial charge in [0, 0.05) is 17.2 Å². The van der Waals surface area contributed by atoms with Crippen LogP contribution in [0.15, 0.2) is 48.7 Å². The van der Waals surface area contributed by atoms with Crippen molar-refractivity contribution in [1.82, 2.24) is 4.90 Å². The molecule has 0 bridgehead atoms. The number of amides is 1. The quantitative estimate of drug-likeness (QED) is 0.688. The number of nitrogens with zero attached hydrogens (tertiary/aromatic N) is 1. The van der Waals surface area contributed by atoms with Gasteiger partial charge in [0.1, 0.15) is 0 Å². The van der Waals surface area contributed by atoms with Crippen LogP contribution in [0.1, 0.15) is 36.4 Å². The zero-order valence-corrected chi connectivity index (χ0v) is 13.1. The average Bonchev–Trinajstić information content (AvgIpc) is 3.20. The summed E-state index contributed by atoms with van der Waals surface area (Å²) in [6, 6.07) is 8.16. The van der Waals surface area contributed by atoms with Gasteiger partial charge in [-0.1, -0.05) is 48.6 Å². The number of carbonyl (C=O) groups is 1. The summed E-state index contributed by atoms with van der Waals surface area (Å²) >= 11 is 0. The van der Waals surface area contributed by atoms with E-state index in [0.717, 1.165) is 36.1 Å². The second-order valence-electron chi connectivity index (χ2n) is 7.18. The van der Waals surface area contributed by atoms with Crippen molar-refractivity contribution in [2.45, 2.75) is 32.2 Å². The van der Waals surface area contributed by atoms with Crippen LogP contribution in [0, 0.1) is 17.8 Å². The first-order valence-electron chi connectivity index (χ1n) is 7.92. The highest BCUT2D eigenvalue weighted by Crippen LogP contribution is 2.77. The van der Waals surface area contributed by atoms with Crippen LogP contribution in [-0.4, -0.2) is 17.4 Å². The topological polar surface area (TPSA) is 46.1 Å². The number of benzene rings is 1. The van der Waals surface area contributed by atoms with Gasteiger partial charge in [-0.2, -0.15) is 0 Å². The minimum Gasteiger partial charge on any atom is -0.323 e. The average molecular weight is 294 g/mol. The maximum absolute atomic E-state index is 12.9. The van der Waals surface area contributed by atoms with Crippen molar-refractivity contribution >= 4 is 5.91 Å². The monoisotopic (exact) mass is 294 g/mol. The zero-order valence-electron chi connectivity index (χ0n) is 13.1. The SMILES string of the molecule is C=C1CN1C(=O)[C@]12CC[C@]1(C(N)c1cccc(C)c1)C(=C)C2. The number of hydrogen-bond acceptors (Lipinski definition) is 2. The van der Waals surface area contributed by atoms with Crippen molar-refractivity contribution < 1.29 is 4.79 Å². The van der Waals surface area contributed by atoms with Crippen molar-refractivity contribution in [2.75, 3.05) is 6.54 Å². The van der Waals surface area contributed by atoms with Crippen molar-refractivity contribution in [3.05, 3.63) is 59.8 Å². The van der Waals surface area contributed by atoms with E-state index in [9.17, 15) is 4.79 Å². The lowest BCUT2D eigenvalue weighted by molar-refractivity contribution is -0.178. The van der Waals surface area contributed by atoms with Crippen molar-refractivity contribution in [3.63, 3.8) is 0 Å². The standard InChI is InChI=1S/C19H22N2O/c1-12-5-4-6-15(9-12)16(20)19-8-7-18(19,10-13(19)2)17(22)21-11-14(21)3/h4-6,9,16H,2-3,7-8,10-11,20H2,1H3/t16?,18-,19-,21?/m1/s1. The molecule has 4 rings (SSSR count). The number of hydrogen-bond donors (Lipinski definition) is 1. The Bertz CT molecular complexity index is 722. The fraction of sp³-hybridized carbons (Fsp3) is 0.421. The van der Waals surface area contributed by atoms with Crippen LogP contribution in [0.3, 0.4) is 0 Å². The predicted octanol–water partition coefficient (Wildman–Crippen LogP) is 3.08. The van der Waals surface area contributed by atoms with Crippen molar-refractivity contribution in [3.8, 4) is 0 Å². The van der Waals surface area contributed by atoms with Crippen LogP contribution in [0.4, 0.5) is 0 Å². The molecule has 1 unspecified atom stereocenters. The number of rotatable bonds is 3. The molecule has 114 valence electrons. The summed E-state index contributed by atoms with van der Waals surface area (Å²) in [6.07, 6.45) is 2.68. The predicted molar refractivity (Wildman–Crippen MR) is 86.8 cm³/mol. The van der Waals surface area contributed by atoms with Crippen molar-refractivity contribution in [2.24, 2.45) is 16.6 Å². The second kappa shape index (κ2) is 4.11. The molecule has 3 aliphatic rings. The Morgan fingerprint density at radius 1 is 1.36 bits per heavy atom. The molecule has 2 saturated carbocycles. The Labute approximate surface area is 131 Å². The summed E-state index contributed by atoms with van der Waals surface area (Å²) in [5, 5.41) is 0. The molecule has 2 aliphatic carbocycles. The molecule has 2 N–H and O–H groups in total. The van der Waals surface area contributed by atoms with Crippen LogP contribution < -0.4 is 5.73 Å². The molecule has 1 heterocycles. The van der Waals surface area contributed by atoms with Gasteiger partial charge >= 0.3 is 0 Å². The normalized spacial score (nSPS) is 33.6. The van der Waals surface area contributed by atoms with E-state index in [2.05, 4.69) is 38.3 Å². The van der Waals surface area contributed by atoms with Gasteiger partial charge in [0.25, 0.3) is 0 Å². The zero-order chi connectivity index (χ0) is 15.7. The van der Waals surface area contributed by atoms with E-state index < -0.39 is 0 Å². The molecule has 0 spiro atoms. The molecule has 3 heteroatoms. The van der Waals surface area contributed by atoms with Gasteiger partial charge in [0.2, 0.25) is 5.91 Å². The smallest absolute Gasteiger partial charge is 0.234 e. The second-order valence-corrected chi connectivity index (χ2v) is 7.18. The first kappa shape index (κ1) is 13.8. The Hall–Kier alpha value is -1.87. The molecule has 22 heavy (non-hydrogen) atoms. The molecule has 1 aromatic carbocycles. The Kier molecular flexibility index (Phi) is 2.57. The first-order valence-corrected chi connectivity index (χ1v) is 7.92. The van der Waals surface area contributed by atoms with Gasteiger partial charge in [0.05, 0.1) is 12.0 Å². The van der Waals surface area contributed by atoms with E-state index >= 15 is 0 Å². The van der Waals surface area contributed by atoms with Crippen LogP contribution in [0.5, 0.6) is 0 Å². The molecule has 1 amide bonds. The molecule has 0 radical (unpaired) electrons. The van der Waals surface area contributed by atoms with Crippen LogP contribution >= 0.6 is 0 Å². The molecule has 3 fully saturated rings. The molecule has 3 atom stereocenters. The van der Waals surface area contributed by atoms with Crippen LogP contribution in [-0.2, 0) is 4.79 Å². The molecule has 1 aromatic rings. The van der Waals surface area contributed by atoms with Gasteiger partial charge in [-0.15, -0.1) is 0 Å². The van der Waals surface area contributed by atoms with Crippen LogP contribution in [0.25, 0.3) is 0 Å². The summed E-state index contributed by atoms with van der Waals surface area (Å²) < 4.78 is 0. The minimum atomic E-state index is -0.327. The summed E-state index contributed by atoms with van der Waals surface area (Å²) in [7, 11) is 0. The van der Waals surface area contributed by atoms with Gasteiger partial charge in [0.15, 0.2) is 0 Å². The molecular weight excluding hydrogens is 272 g/mol. The van der Waals surface area contributed by atoms with Crippen molar-refractivity contribution in [1.29, 1.82) is 0 Å². The fourth-order valence-electron chi connectivity index (χ4n) is 4.69. The van der Waals surface area contributed by atoms with E-state index in [-0.39, 0.29) is 22.8 Å². The third kappa shape index (κ3) is 1.42. The highest BCUT2D eigenvalue weighted by molar-refractivity contribution is 5.92. The van der Waals surface area contributed by atoms with Crippen LogP contribution in [0.2, 0.25) is 0 Å². The summed E-state index contributed by atoms with van der Waals surface area (Å²) in [5.74, 6) is 0.222.